The highest BCUT2D eigenvalue weighted by Gasteiger charge is 2.17. The molecule has 0 radical (unpaired) electrons. The molecule has 6 heteroatoms. The maximum absolute atomic E-state index is 13.2. The van der Waals surface area contributed by atoms with E-state index >= 15 is 0 Å². The summed E-state index contributed by atoms with van der Waals surface area (Å²) in [6.07, 6.45) is 0.834. The molecule has 1 amide bonds. The van der Waals surface area contributed by atoms with Gasteiger partial charge < -0.3 is 4.90 Å². The first-order chi connectivity index (χ1) is 12.9. The number of likely N-dealkylation sites (N-methyl/N-ethyl adjacent to an activating group) is 1. The van der Waals surface area contributed by atoms with E-state index in [2.05, 4.69) is 0 Å². The Hall–Kier alpha value is -3.15. The molecule has 27 heavy (non-hydrogen) atoms. The zero-order valence-electron chi connectivity index (χ0n) is 15.8. The maximum Gasteiger partial charge on any atom is 0.336 e. The maximum atomic E-state index is 13.2. The Labute approximate surface area is 157 Å². The van der Waals surface area contributed by atoms with Crippen LogP contribution in [0.25, 0.3) is 16.6 Å². The number of carbonyl (C=O) groups is 1. The predicted molar refractivity (Wildman–Crippen MR) is 106 cm³/mol. The van der Waals surface area contributed by atoms with Crippen LogP contribution in [0.5, 0.6) is 0 Å². The predicted octanol–water partition coefficient (Wildman–Crippen LogP) is 2.33. The molecule has 0 aliphatic carbocycles. The fourth-order valence-electron chi connectivity index (χ4n) is 3.18. The van der Waals surface area contributed by atoms with Crippen molar-refractivity contribution in [1.29, 1.82) is 0 Å². The summed E-state index contributed by atoms with van der Waals surface area (Å²) in [7, 11) is 1.72. The number of para-hydroxylation sites is 1. The smallest absolute Gasteiger partial charge is 0.336 e. The Bertz CT molecular complexity index is 1110. The van der Waals surface area contributed by atoms with Crippen LogP contribution in [0.4, 0.5) is 0 Å². The summed E-state index contributed by atoms with van der Waals surface area (Å²) in [4.78, 5) is 40.3. The summed E-state index contributed by atoms with van der Waals surface area (Å²) in [5, 5.41) is 0.407. The van der Waals surface area contributed by atoms with Crippen molar-refractivity contribution in [3.8, 4) is 5.69 Å². The van der Waals surface area contributed by atoms with Gasteiger partial charge in [-0.2, -0.15) is 0 Å². The van der Waals surface area contributed by atoms with Gasteiger partial charge >= 0.3 is 5.69 Å². The first kappa shape index (κ1) is 18.6. The summed E-state index contributed by atoms with van der Waals surface area (Å²) in [6.45, 7) is 4.39. The summed E-state index contributed by atoms with van der Waals surface area (Å²) in [5.41, 5.74) is 1.01. The molecule has 3 rings (SSSR count). The molecule has 0 N–H and O–H groups in total. The second-order valence-electron chi connectivity index (χ2n) is 6.68. The Morgan fingerprint density at radius 2 is 1.81 bits per heavy atom. The van der Waals surface area contributed by atoms with Crippen LogP contribution in [0.15, 0.2) is 58.1 Å². The van der Waals surface area contributed by atoms with E-state index < -0.39 is 5.69 Å². The van der Waals surface area contributed by atoms with Crippen LogP contribution in [0, 0.1) is 6.92 Å². The van der Waals surface area contributed by atoms with E-state index in [0.717, 1.165) is 16.6 Å². The van der Waals surface area contributed by atoms with E-state index in [1.165, 1.54) is 4.57 Å². The molecular weight excluding hydrogens is 342 g/mol. The van der Waals surface area contributed by atoms with Gasteiger partial charge in [0.25, 0.3) is 5.56 Å². The largest absolute Gasteiger partial charge is 0.344 e. The van der Waals surface area contributed by atoms with Crippen LogP contribution in [0.3, 0.4) is 0 Å². The third kappa shape index (κ3) is 3.56. The first-order valence-corrected chi connectivity index (χ1v) is 8.99. The highest BCUT2D eigenvalue weighted by molar-refractivity contribution is 5.81. The van der Waals surface area contributed by atoms with Gasteiger partial charge in [-0.05, 0) is 43.2 Å². The van der Waals surface area contributed by atoms with Crippen molar-refractivity contribution in [1.82, 2.24) is 14.0 Å². The zero-order chi connectivity index (χ0) is 19.6. The van der Waals surface area contributed by atoms with Gasteiger partial charge in [0.2, 0.25) is 5.91 Å². The van der Waals surface area contributed by atoms with E-state index in [9.17, 15) is 14.4 Å². The minimum Gasteiger partial charge on any atom is -0.344 e. The molecule has 2 aromatic carbocycles. The lowest BCUT2D eigenvalue weighted by molar-refractivity contribution is -0.130. The molecule has 6 nitrogen and oxygen atoms in total. The highest BCUT2D eigenvalue weighted by atomic mass is 16.2. The molecule has 1 heterocycles. The van der Waals surface area contributed by atoms with Crippen molar-refractivity contribution >= 4 is 16.8 Å². The van der Waals surface area contributed by atoms with Gasteiger partial charge in [0, 0.05) is 13.6 Å². The molecule has 140 valence electrons. The number of rotatable bonds is 5. The monoisotopic (exact) mass is 365 g/mol. The molecule has 0 fully saturated rings. The second kappa shape index (κ2) is 7.61. The lowest BCUT2D eigenvalue weighted by Crippen LogP contribution is -2.42. The number of hydrogen-bond donors (Lipinski definition) is 0. The van der Waals surface area contributed by atoms with Crippen LogP contribution in [0.2, 0.25) is 0 Å². The minimum absolute atomic E-state index is 0.109. The molecule has 0 unspecified atom stereocenters. The van der Waals surface area contributed by atoms with Gasteiger partial charge in [-0.15, -0.1) is 0 Å². The third-order valence-corrected chi connectivity index (χ3v) is 4.59. The standard InChI is InChI=1S/C21H23N3O3/c1-4-12-22(3)19(25)14-23-18-11-6-5-10-17(18)20(26)24(21(23)27)16-9-7-8-15(2)13-16/h5-11,13H,4,12,14H2,1-3H3. The summed E-state index contributed by atoms with van der Waals surface area (Å²) >= 11 is 0. The van der Waals surface area contributed by atoms with Crippen LogP contribution in [-0.4, -0.2) is 33.5 Å². The number of benzene rings is 2. The lowest BCUT2D eigenvalue weighted by atomic mass is 10.2. The normalized spacial score (nSPS) is 10.9. The molecule has 0 saturated carbocycles. The Balaban J connectivity index is 2.26. The van der Waals surface area contributed by atoms with Gasteiger partial charge in [-0.1, -0.05) is 31.2 Å². The van der Waals surface area contributed by atoms with E-state index in [1.807, 2.05) is 19.9 Å². The van der Waals surface area contributed by atoms with Gasteiger partial charge in [0.1, 0.15) is 6.54 Å². The van der Waals surface area contributed by atoms with Gasteiger partial charge in [0.05, 0.1) is 16.6 Å². The van der Waals surface area contributed by atoms with Crippen molar-refractivity contribution in [2.45, 2.75) is 26.8 Å². The number of amides is 1. The average molecular weight is 365 g/mol. The van der Waals surface area contributed by atoms with Crippen molar-refractivity contribution in [3.63, 3.8) is 0 Å². The number of carbonyl (C=O) groups excluding carboxylic acids is 1. The second-order valence-corrected chi connectivity index (χ2v) is 6.68. The van der Waals surface area contributed by atoms with Crippen molar-refractivity contribution in [2.24, 2.45) is 0 Å². The number of aryl methyl sites for hydroxylation is 1. The van der Waals surface area contributed by atoms with Gasteiger partial charge in [0.15, 0.2) is 0 Å². The van der Waals surface area contributed by atoms with Crippen LogP contribution in [0.1, 0.15) is 18.9 Å². The SMILES string of the molecule is CCCN(C)C(=O)Cn1c(=O)n(-c2cccc(C)c2)c(=O)c2ccccc21. The van der Waals surface area contributed by atoms with Crippen LogP contribution >= 0.6 is 0 Å². The molecule has 1 aromatic heterocycles. The molecular formula is C21H23N3O3. The number of aromatic nitrogens is 2. The molecule has 0 aliphatic rings. The Kier molecular flexibility index (Phi) is 5.26. The number of hydrogen-bond acceptors (Lipinski definition) is 3. The van der Waals surface area contributed by atoms with Gasteiger partial charge in [-0.25, -0.2) is 9.36 Å². The highest BCUT2D eigenvalue weighted by Crippen LogP contribution is 2.11. The van der Waals surface area contributed by atoms with Crippen molar-refractivity contribution in [2.75, 3.05) is 13.6 Å². The van der Waals surface area contributed by atoms with Gasteiger partial charge in [-0.3, -0.25) is 14.2 Å². The summed E-state index contributed by atoms with van der Waals surface area (Å²) in [6, 6.07) is 14.1. The number of nitrogens with zero attached hydrogens (tertiary/aromatic N) is 3. The summed E-state index contributed by atoms with van der Waals surface area (Å²) < 4.78 is 2.52. The third-order valence-electron chi connectivity index (χ3n) is 4.59. The first-order valence-electron chi connectivity index (χ1n) is 8.99. The van der Waals surface area contributed by atoms with Crippen molar-refractivity contribution < 1.29 is 4.79 Å². The molecule has 0 aliphatic heterocycles. The quantitative estimate of drug-likeness (QED) is 0.697. The molecule has 0 spiro atoms. The minimum atomic E-state index is -0.512. The lowest BCUT2D eigenvalue weighted by Gasteiger charge is -2.19. The van der Waals surface area contributed by atoms with E-state index in [-0.39, 0.29) is 18.0 Å². The molecule has 0 bridgehead atoms. The van der Waals surface area contributed by atoms with E-state index in [4.69, 9.17) is 0 Å². The Morgan fingerprint density at radius 3 is 2.52 bits per heavy atom. The van der Waals surface area contributed by atoms with E-state index in [0.29, 0.717) is 23.1 Å². The van der Waals surface area contributed by atoms with E-state index in [1.54, 1.807) is 54.4 Å². The van der Waals surface area contributed by atoms with Crippen LogP contribution < -0.4 is 11.2 Å². The molecule has 0 atom stereocenters. The fraction of sp³-hybridized carbons (Fsp3) is 0.286. The fourth-order valence-corrected chi connectivity index (χ4v) is 3.18. The summed E-state index contributed by atoms with van der Waals surface area (Å²) in [5.74, 6) is -0.168. The zero-order valence-corrected chi connectivity index (χ0v) is 15.8. The topological polar surface area (TPSA) is 64.3 Å². The molecule has 0 saturated heterocycles. The van der Waals surface area contributed by atoms with Crippen LogP contribution in [-0.2, 0) is 11.3 Å². The van der Waals surface area contributed by atoms with Crippen molar-refractivity contribution in [3.05, 3.63) is 74.9 Å². The number of fused-ring (bicyclic) bond motifs is 1. The molecule has 3 aromatic rings. The average Bonchev–Trinajstić information content (AvgIpc) is 2.65. The Morgan fingerprint density at radius 1 is 1.07 bits per heavy atom.